The largest absolute Gasteiger partial charge is 0.493 e. The molecule has 1 aliphatic rings. The van der Waals surface area contributed by atoms with Crippen molar-refractivity contribution in [2.75, 3.05) is 11.9 Å². The van der Waals surface area contributed by atoms with Gasteiger partial charge in [-0.1, -0.05) is 24.3 Å². The number of aromatic nitrogens is 1. The van der Waals surface area contributed by atoms with Crippen LogP contribution in [0.25, 0.3) is 23.1 Å². The van der Waals surface area contributed by atoms with Crippen molar-refractivity contribution in [3.05, 3.63) is 66.1 Å². The summed E-state index contributed by atoms with van der Waals surface area (Å²) in [5.41, 5.74) is 3.91. The van der Waals surface area contributed by atoms with Gasteiger partial charge >= 0.3 is 0 Å². The van der Waals surface area contributed by atoms with Crippen LogP contribution in [0.5, 0.6) is 5.75 Å². The molecular weight excluding hydrogens is 316 g/mol. The normalized spacial score (nSPS) is 14.4. The summed E-state index contributed by atoms with van der Waals surface area (Å²) in [4.78, 5) is 16.6. The van der Waals surface area contributed by atoms with E-state index in [4.69, 9.17) is 9.15 Å². The van der Waals surface area contributed by atoms with Crippen molar-refractivity contribution in [2.24, 2.45) is 0 Å². The van der Waals surface area contributed by atoms with Crippen LogP contribution in [0.15, 0.2) is 59.3 Å². The first-order valence-electron chi connectivity index (χ1n) is 8.05. The van der Waals surface area contributed by atoms with E-state index in [9.17, 15) is 4.79 Å². The van der Waals surface area contributed by atoms with Crippen molar-refractivity contribution in [1.82, 2.24) is 4.98 Å². The molecule has 5 heteroatoms. The Hall–Kier alpha value is -3.34. The Bertz CT molecular complexity index is 959. The molecule has 0 saturated carbocycles. The first kappa shape index (κ1) is 15.2. The fraction of sp³-hybridized carbons (Fsp3) is 0.100. The van der Waals surface area contributed by atoms with Gasteiger partial charge in [0, 0.05) is 28.0 Å². The summed E-state index contributed by atoms with van der Waals surface area (Å²) < 4.78 is 11.0. The number of para-hydroxylation sites is 1. The summed E-state index contributed by atoms with van der Waals surface area (Å²) in [6.45, 7) is 2.51. The molecule has 1 aliphatic heterocycles. The Morgan fingerprint density at radius 1 is 1.24 bits per heavy atom. The fourth-order valence-electron chi connectivity index (χ4n) is 2.88. The number of nitrogens with zero attached hydrogens (tertiary/aromatic N) is 1. The highest BCUT2D eigenvalue weighted by atomic mass is 16.5. The molecule has 0 spiro atoms. The zero-order valence-electron chi connectivity index (χ0n) is 13.7. The molecule has 1 aromatic heterocycles. The summed E-state index contributed by atoms with van der Waals surface area (Å²) in [6, 6.07) is 13.3. The van der Waals surface area contributed by atoms with Crippen LogP contribution in [0.2, 0.25) is 0 Å². The molecule has 5 nitrogen and oxygen atoms in total. The number of carbonyl (C=O) groups excluding carboxylic acids is 1. The summed E-state index contributed by atoms with van der Waals surface area (Å²) in [5, 5.41) is 2.90. The van der Waals surface area contributed by atoms with Crippen molar-refractivity contribution in [3.63, 3.8) is 0 Å². The van der Waals surface area contributed by atoms with Gasteiger partial charge in [0.05, 0.1) is 12.8 Å². The summed E-state index contributed by atoms with van der Waals surface area (Å²) >= 11 is 0. The van der Waals surface area contributed by atoms with Gasteiger partial charge in [-0.3, -0.25) is 4.79 Å². The van der Waals surface area contributed by atoms with Crippen LogP contribution in [0.1, 0.15) is 18.1 Å². The molecule has 1 amide bonds. The summed E-state index contributed by atoms with van der Waals surface area (Å²) in [5.74, 6) is 1.15. The molecule has 2 aromatic carbocycles. The molecule has 0 atom stereocenters. The van der Waals surface area contributed by atoms with E-state index < -0.39 is 0 Å². The third kappa shape index (κ3) is 2.80. The average Bonchev–Trinajstić information content (AvgIpc) is 3.25. The number of fused-ring (bicyclic) bond motifs is 1. The molecule has 0 saturated heterocycles. The Labute approximate surface area is 145 Å². The van der Waals surface area contributed by atoms with Crippen molar-refractivity contribution >= 4 is 23.2 Å². The maximum atomic E-state index is 12.4. The number of anilines is 1. The molecule has 1 N–H and O–H groups in total. The van der Waals surface area contributed by atoms with Gasteiger partial charge < -0.3 is 14.5 Å². The quantitative estimate of drug-likeness (QED) is 0.726. The third-order valence-corrected chi connectivity index (χ3v) is 4.00. The summed E-state index contributed by atoms with van der Waals surface area (Å²) in [7, 11) is 0. The minimum atomic E-state index is -0.133. The lowest BCUT2D eigenvalue weighted by Crippen LogP contribution is -2.03. The number of hydrogen-bond acceptors (Lipinski definition) is 4. The first-order chi connectivity index (χ1) is 12.3. The van der Waals surface area contributed by atoms with Gasteiger partial charge in [0.25, 0.3) is 5.91 Å². The van der Waals surface area contributed by atoms with Crippen molar-refractivity contribution in [2.45, 2.75) is 6.92 Å². The highest BCUT2D eigenvalue weighted by molar-refractivity contribution is 6.35. The molecule has 3 aromatic rings. The van der Waals surface area contributed by atoms with Gasteiger partial charge in [-0.2, -0.15) is 0 Å². The van der Waals surface area contributed by atoms with E-state index in [1.54, 1.807) is 6.20 Å². The van der Waals surface area contributed by atoms with Gasteiger partial charge in [-0.05, 0) is 31.2 Å². The van der Waals surface area contributed by atoms with E-state index in [2.05, 4.69) is 10.3 Å². The predicted octanol–water partition coefficient (Wildman–Crippen LogP) is 4.23. The molecule has 0 bridgehead atoms. The first-order valence-corrected chi connectivity index (χ1v) is 8.05. The molecule has 2 heterocycles. The second kappa shape index (κ2) is 6.28. The molecule has 0 unspecified atom stereocenters. The molecule has 0 radical (unpaired) electrons. The number of amides is 1. The number of hydrogen-bond donors (Lipinski definition) is 1. The van der Waals surface area contributed by atoms with Crippen molar-refractivity contribution < 1.29 is 13.9 Å². The number of benzene rings is 2. The van der Waals surface area contributed by atoms with Crippen LogP contribution in [0.4, 0.5) is 5.69 Å². The molecule has 25 heavy (non-hydrogen) atoms. The van der Waals surface area contributed by atoms with E-state index in [1.807, 2.05) is 55.5 Å². The zero-order chi connectivity index (χ0) is 17.2. The third-order valence-electron chi connectivity index (χ3n) is 4.00. The number of ether oxygens (including phenoxy) is 1. The highest BCUT2D eigenvalue weighted by Gasteiger charge is 2.25. The molecule has 0 fully saturated rings. The van der Waals surface area contributed by atoms with E-state index in [-0.39, 0.29) is 5.91 Å². The Morgan fingerprint density at radius 2 is 2.12 bits per heavy atom. The topological polar surface area (TPSA) is 64.4 Å². The van der Waals surface area contributed by atoms with Gasteiger partial charge in [0.1, 0.15) is 12.0 Å². The van der Waals surface area contributed by atoms with Gasteiger partial charge in [0.15, 0.2) is 0 Å². The molecule has 124 valence electrons. The second-order valence-electron chi connectivity index (χ2n) is 5.58. The zero-order valence-corrected chi connectivity index (χ0v) is 13.7. The lowest BCUT2D eigenvalue weighted by molar-refractivity contribution is -0.110. The number of carbonyl (C=O) groups is 1. The number of nitrogens with one attached hydrogen (secondary N) is 1. The van der Waals surface area contributed by atoms with Crippen LogP contribution < -0.4 is 10.1 Å². The lowest BCUT2D eigenvalue weighted by Gasteiger charge is -2.07. The average molecular weight is 332 g/mol. The van der Waals surface area contributed by atoms with Gasteiger partial charge in [-0.15, -0.1) is 0 Å². The SMILES string of the molecule is CCOc1ccccc1/C=C1/C(=O)Nc2cc(-c3ncco3)ccc21. The maximum Gasteiger partial charge on any atom is 0.256 e. The Balaban J connectivity index is 1.75. The minimum absolute atomic E-state index is 0.133. The highest BCUT2D eigenvalue weighted by Crippen LogP contribution is 2.36. The standard InChI is InChI=1S/C20H16N2O3/c1-2-24-18-6-4-3-5-13(18)11-16-15-8-7-14(20-21-9-10-25-20)12-17(15)22-19(16)23/h3-12H,2H2,1H3,(H,22,23)/b16-11+. The van der Waals surface area contributed by atoms with E-state index in [0.29, 0.717) is 18.1 Å². The molecular formula is C20H16N2O3. The van der Waals surface area contributed by atoms with Crippen LogP contribution in [0.3, 0.4) is 0 Å². The van der Waals surface area contributed by atoms with E-state index in [0.717, 1.165) is 28.1 Å². The monoisotopic (exact) mass is 332 g/mol. The number of rotatable bonds is 4. The predicted molar refractivity (Wildman–Crippen MR) is 96.1 cm³/mol. The van der Waals surface area contributed by atoms with E-state index >= 15 is 0 Å². The van der Waals surface area contributed by atoms with E-state index in [1.165, 1.54) is 6.26 Å². The summed E-state index contributed by atoms with van der Waals surface area (Å²) in [6.07, 6.45) is 4.98. The fourth-order valence-corrected chi connectivity index (χ4v) is 2.88. The molecule has 0 aliphatic carbocycles. The van der Waals surface area contributed by atoms with Crippen LogP contribution in [-0.2, 0) is 4.79 Å². The Kier molecular flexibility index (Phi) is 3.82. The van der Waals surface area contributed by atoms with Crippen LogP contribution >= 0.6 is 0 Å². The van der Waals surface area contributed by atoms with Crippen LogP contribution in [0, 0.1) is 0 Å². The van der Waals surface area contributed by atoms with Crippen LogP contribution in [-0.4, -0.2) is 17.5 Å². The van der Waals surface area contributed by atoms with Gasteiger partial charge in [-0.25, -0.2) is 4.98 Å². The maximum absolute atomic E-state index is 12.4. The van der Waals surface area contributed by atoms with Gasteiger partial charge in [0.2, 0.25) is 5.89 Å². The smallest absolute Gasteiger partial charge is 0.256 e. The number of oxazole rings is 1. The molecule has 4 rings (SSSR count). The second-order valence-corrected chi connectivity index (χ2v) is 5.58. The van der Waals surface area contributed by atoms with Crippen molar-refractivity contribution in [1.29, 1.82) is 0 Å². The van der Waals surface area contributed by atoms with Crippen molar-refractivity contribution in [3.8, 4) is 17.2 Å². The lowest BCUT2D eigenvalue weighted by atomic mass is 10.0. The minimum Gasteiger partial charge on any atom is -0.493 e. The Morgan fingerprint density at radius 3 is 2.92 bits per heavy atom.